The van der Waals surface area contributed by atoms with Gasteiger partial charge in [0.05, 0.1) is 12.3 Å². The molecule has 74 valence electrons. The second-order valence-electron chi connectivity index (χ2n) is 3.43. The Kier molecular flexibility index (Phi) is 3.45. The molecule has 2 atom stereocenters. The largest absolute Gasteiger partial charge is 0.392 e. The molecule has 1 aromatic heterocycles. The van der Waals surface area contributed by atoms with Crippen molar-refractivity contribution in [1.29, 1.82) is 0 Å². The van der Waals surface area contributed by atoms with Crippen LogP contribution in [0.25, 0.3) is 0 Å². The van der Waals surface area contributed by atoms with Crippen LogP contribution in [0.1, 0.15) is 25.5 Å². The zero-order valence-electron chi connectivity index (χ0n) is 8.36. The maximum atomic E-state index is 9.07. The zero-order valence-corrected chi connectivity index (χ0v) is 8.36. The van der Waals surface area contributed by atoms with E-state index in [2.05, 4.69) is 17.3 Å². The van der Waals surface area contributed by atoms with E-state index < -0.39 is 0 Å². The molecule has 1 rings (SSSR count). The van der Waals surface area contributed by atoms with Gasteiger partial charge in [-0.15, -0.1) is 0 Å². The highest BCUT2D eigenvalue weighted by Crippen LogP contribution is 2.09. The van der Waals surface area contributed by atoms with Crippen molar-refractivity contribution >= 4 is 0 Å². The van der Waals surface area contributed by atoms with Gasteiger partial charge in [-0.3, -0.25) is 4.68 Å². The summed E-state index contributed by atoms with van der Waals surface area (Å²) >= 11 is 0. The van der Waals surface area contributed by atoms with Crippen LogP contribution in [0.4, 0.5) is 0 Å². The number of aromatic nitrogens is 2. The summed E-state index contributed by atoms with van der Waals surface area (Å²) in [6, 6.07) is 0.239. The summed E-state index contributed by atoms with van der Waals surface area (Å²) < 4.78 is 1.77. The molecular weight excluding hydrogens is 166 g/mol. The van der Waals surface area contributed by atoms with Gasteiger partial charge in [0.1, 0.15) is 0 Å². The fourth-order valence-electron chi connectivity index (χ4n) is 1.13. The number of hydrogen-bond acceptors (Lipinski definition) is 3. The van der Waals surface area contributed by atoms with Gasteiger partial charge in [0, 0.05) is 31.4 Å². The Hall–Kier alpha value is -0.870. The van der Waals surface area contributed by atoms with E-state index in [-0.39, 0.29) is 12.1 Å². The summed E-state index contributed by atoms with van der Waals surface area (Å²) in [6.45, 7) is 4.43. The summed E-state index contributed by atoms with van der Waals surface area (Å²) in [5.41, 5.74) is 1.14. The summed E-state index contributed by atoms with van der Waals surface area (Å²) in [7, 11) is 1.89. The molecule has 1 heterocycles. The van der Waals surface area contributed by atoms with Gasteiger partial charge in [-0.25, -0.2) is 0 Å². The van der Waals surface area contributed by atoms with Crippen molar-refractivity contribution in [1.82, 2.24) is 15.1 Å². The topological polar surface area (TPSA) is 50.1 Å². The van der Waals surface area contributed by atoms with Crippen LogP contribution in [0.3, 0.4) is 0 Å². The molecule has 0 aliphatic heterocycles. The second kappa shape index (κ2) is 4.39. The van der Waals surface area contributed by atoms with E-state index in [0.717, 1.165) is 5.56 Å². The molecule has 2 N–H and O–H groups in total. The van der Waals surface area contributed by atoms with Crippen LogP contribution < -0.4 is 5.32 Å². The van der Waals surface area contributed by atoms with Gasteiger partial charge in [0.25, 0.3) is 0 Å². The Morgan fingerprint density at radius 2 is 2.31 bits per heavy atom. The summed E-state index contributed by atoms with van der Waals surface area (Å²) in [6.07, 6.45) is 3.50. The van der Waals surface area contributed by atoms with Crippen molar-refractivity contribution in [3.63, 3.8) is 0 Å². The van der Waals surface area contributed by atoms with Crippen LogP contribution in [0.2, 0.25) is 0 Å². The van der Waals surface area contributed by atoms with Gasteiger partial charge in [-0.2, -0.15) is 5.10 Å². The van der Waals surface area contributed by atoms with Gasteiger partial charge < -0.3 is 10.4 Å². The molecule has 0 fully saturated rings. The summed E-state index contributed by atoms with van der Waals surface area (Å²) in [4.78, 5) is 0. The number of aliphatic hydroxyl groups excluding tert-OH is 1. The third kappa shape index (κ3) is 3.16. The van der Waals surface area contributed by atoms with Crippen molar-refractivity contribution < 1.29 is 5.11 Å². The molecule has 4 heteroatoms. The molecular formula is C9H17N3O. The smallest absolute Gasteiger partial charge is 0.0636 e. The number of aliphatic hydroxyl groups is 1. The summed E-state index contributed by atoms with van der Waals surface area (Å²) in [5, 5.41) is 16.4. The normalized spacial score (nSPS) is 15.7. The van der Waals surface area contributed by atoms with Gasteiger partial charge >= 0.3 is 0 Å². The van der Waals surface area contributed by atoms with Crippen molar-refractivity contribution in [2.45, 2.75) is 26.0 Å². The van der Waals surface area contributed by atoms with Gasteiger partial charge in [-0.05, 0) is 13.8 Å². The molecule has 0 aromatic carbocycles. The van der Waals surface area contributed by atoms with Crippen LogP contribution in [-0.4, -0.2) is 27.5 Å². The quantitative estimate of drug-likeness (QED) is 0.712. The third-order valence-electron chi connectivity index (χ3n) is 1.94. The first-order valence-electron chi connectivity index (χ1n) is 4.49. The van der Waals surface area contributed by atoms with Crippen LogP contribution in [0, 0.1) is 0 Å². The minimum Gasteiger partial charge on any atom is -0.392 e. The maximum Gasteiger partial charge on any atom is 0.0636 e. The number of nitrogens with one attached hydrogen (secondary N) is 1. The zero-order chi connectivity index (χ0) is 9.84. The molecule has 0 saturated heterocycles. The summed E-state index contributed by atoms with van der Waals surface area (Å²) in [5.74, 6) is 0. The van der Waals surface area contributed by atoms with Crippen molar-refractivity contribution in [3.05, 3.63) is 18.0 Å². The average molecular weight is 183 g/mol. The molecule has 0 amide bonds. The lowest BCUT2D eigenvalue weighted by molar-refractivity contribution is 0.187. The van der Waals surface area contributed by atoms with Crippen molar-refractivity contribution in [3.8, 4) is 0 Å². The monoisotopic (exact) mass is 183 g/mol. The predicted octanol–water partition coefficient (Wildman–Crippen LogP) is 0.451. The minimum atomic E-state index is -0.306. The minimum absolute atomic E-state index is 0.239. The molecule has 0 spiro atoms. The fraction of sp³-hybridized carbons (Fsp3) is 0.667. The van der Waals surface area contributed by atoms with Crippen LogP contribution in [-0.2, 0) is 7.05 Å². The first-order chi connectivity index (χ1) is 6.09. The fourth-order valence-corrected chi connectivity index (χ4v) is 1.13. The number of aryl methyl sites for hydroxylation is 1. The molecule has 4 nitrogen and oxygen atoms in total. The Morgan fingerprint density at radius 1 is 1.62 bits per heavy atom. The molecule has 0 radical (unpaired) electrons. The Morgan fingerprint density at radius 3 is 2.77 bits per heavy atom. The Labute approximate surface area is 78.6 Å². The number of nitrogens with zero attached hydrogens (tertiary/aromatic N) is 2. The lowest BCUT2D eigenvalue weighted by atomic mass is 10.2. The SMILES string of the molecule is C[C@H](O)CN[C@H](C)c1cnn(C)c1. The van der Waals surface area contributed by atoms with E-state index >= 15 is 0 Å². The van der Waals surface area contributed by atoms with E-state index in [1.807, 2.05) is 19.4 Å². The molecule has 0 aliphatic carbocycles. The standard InChI is InChI=1S/C9H17N3O/c1-7(13)4-10-8(2)9-5-11-12(3)6-9/h5-8,10,13H,4H2,1-3H3/t7-,8+/m0/s1. The van der Waals surface area contributed by atoms with Gasteiger partial charge in [-0.1, -0.05) is 0 Å². The van der Waals surface area contributed by atoms with E-state index in [1.165, 1.54) is 0 Å². The van der Waals surface area contributed by atoms with Crippen molar-refractivity contribution in [2.24, 2.45) is 7.05 Å². The maximum absolute atomic E-state index is 9.07. The average Bonchev–Trinajstić information content (AvgIpc) is 2.47. The predicted molar refractivity (Wildman–Crippen MR) is 51.3 cm³/mol. The first kappa shape index (κ1) is 10.2. The highest BCUT2D eigenvalue weighted by molar-refractivity contribution is 5.08. The molecule has 0 saturated carbocycles. The lowest BCUT2D eigenvalue weighted by Crippen LogP contribution is -2.26. The number of hydrogen-bond donors (Lipinski definition) is 2. The second-order valence-corrected chi connectivity index (χ2v) is 3.43. The Balaban J connectivity index is 2.44. The molecule has 0 aliphatic rings. The van der Waals surface area contributed by atoms with E-state index in [1.54, 1.807) is 11.6 Å². The van der Waals surface area contributed by atoms with Crippen molar-refractivity contribution in [2.75, 3.05) is 6.54 Å². The van der Waals surface area contributed by atoms with Gasteiger partial charge in [0.2, 0.25) is 0 Å². The van der Waals surface area contributed by atoms with Gasteiger partial charge in [0.15, 0.2) is 0 Å². The van der Waals surface area contributed by atoms with Crippen LogP contribution in [0.15, 0.2) is 12.4 Å². The Bertz CT molecular complexity index is 257. The highest BCUT2D eigenvalue weighted by Gasteiger charge is 2.07. The van der Waals surface area contributed by atoms with E-state index in [0.29, 0.717) is 6.54 Å². The lowest BCUT2D eigenvalue weighted by Gasteiger charge is -2.12. The molecule has 0 unspecified atom stereocenters. The molecule has 1 aromatic rings. The third-order valence-corrected chi connectivity index (χ3v) is 1.94. The van der Waals surface area contributed by atoms with E-state index in [9.17, 15) is 0 Å². The van der Waals surface area contributed by atoms with Crippen LogP contribution >= 0.6 is 0 Å². The number of rotatable bonds is 4. The first-order valence-corrected chi connectivity index (χ1v) is 4.49. The van der Waals surface area contributed by atoms with Crippen LogP contribution in [0.5, 0.6) is 0 Å². The highest BCUT2D eigenvalue weighted by atomic mass is 16.3. The molecule has 13 heavy (non-hydrogen) atoms. The van der Waals surface area contributed by atoms with E-state index in [4.69, 9.17) is 5.11 Å². The molecule has 0 bridgehead atoms.